The summed E-state index contributed by atoms with van der Waals surface area (Å²) in [5.41, 5.74) is 6.67. The number of anilines is 2. The van der Waals surface area contributed by atoms with Crippen molar-refractivity contribution in [2.75, 3.05) is 37.8 Å². The van der Waals surface area contributed by atoms with E-state index in [1.807, 2.05) is 11.8 Å². The van der Waals surface area contributed by atoms with Crippen molar-refractivity contribution in [1.82, 2.24) is 4.90 Å². The van der Waals surface area contributed by atoms with Crippen LogP contribution < -0.4 is 10.6 Å². The number of carbonyl (C=O) groups excluding carboxylic acids is 1. The summed E-state index contributed by atoms with van der Waals surface area (Å²) < 4.78 is 13.3. The van der Waals surface area contributed by atoms with Crippen LogP contribution in [0.3, 0.4) is 0 Å². The van der Waals surface area contributed by atoms with Crippen molar-refractivity contribution in [3.63, 3.8) is 0 Å². The summed E-state index contributed by atoms with van der Waals surface area (Å²) in [6, 6.07) is 2.64. The zero-order chi connectivity index (χ0) is 14.6. The molecule has 0 fully saturated rings. The number of amides is 1. The largest absolute Gasteiger partial charge is 0.397 e. The molecule has 19 heavy (non-hydrogen) atoms. The minimum Gasteiger partial charge on any atom is -0.397 e. The first-order valence-electron chi connectivity index (χ1n) is 6.06. The van der Waals surface area contributed by atoms with E-state index >= 15 is 0 Å². The van der Waals surface area contributed by atoms with E-state index in [0.29, 0.717) is 12.2 Å². The molecule has 1 aromatic carbocycles. The van der Waals surface area contributed by atoms with Crippen LogP contribution in [0.1, 0.15) is 13.3 Å². The third kappa shape index (κ3) is 3.99. The lowest BCUT2D eigenvalue weighted by molar-refractivity contribution is -0.127. The molecule has 0 radical (unpaired) electrons. The van der Waals surface area contributed by atoms with E-state index < -0.39 is 5.82 Å². The Morgan fingerprint density at radius 2 is 2.05 bits per heavy atom. The highest BCUT2D eigenvalue weighted by atomic mass is 35.5. The van der Waals surface area contributed by atoms with Gasteiger partial charge in [-0.1, -0.05) is 18.5 Å². The van der Waals surface area contributed by atoms with Crippen molar-refractivity contribution in [1.29, 1.82) is 0 Å². The molecule has 0 atom stereocenters. The molecule has 0 heterocycles. The molecule has 0 aliphatic heterocycles. The van der Waals surface area contributed by atoms with Crippen LogP contribution in [-0.4, -0.2) is 38.0 Å². The zero-order valence-electron chi connectivity index (χ0n) is 11.4. The summed E-state index contributed by atoms with van der Waals surface area (Å²) in [4.78, 5) is 15.1. The van der Waals surface area contributed by atoms with Crippen molar-refractivity contribution in [3.05, 3.63) is 23.0 Å². The summed E-state index contributed by atoms with van der Waals surface area (Å²) in [5, 5.41) is 0.00241. The van der Waals surface area contributed by atoms with Crippen LogP contribution in [0.2, 0.25) is 5.02 Å². The first kappa shape index (κ1) is 15.6. The molecule has 0 saturated heterocycles. The summed E-state index contributed by atoms with van der Waals surface area (Å²) in [6.07, 6.45) is 0.842. The predicted molar refractivity (Wildman–Crippen MR) is 77.0 cm³/mol. The number of likely N-dealkylation sites (N-methyl/N-ethyl adjacent to an activating group) is 1. The van der Waals surface area contributed by atoms with Gasteiger partial charge in [0.15, 0.2) is 0 Å². The molecule has 0 aliphatic rings. The monoisotopic (exact) mass is 287 g/mol. The second-order valence-electron chi connectivity index (χ2n) is 4.53. The second-order valence-corrected chi connectivity index (χ2v) is 4.94. The third-order valence-corrected chi connectivity index (χ3v) is 3.02. The van der Waals surface area contributed by atoms with Crippen LogP contribution in [0.4, 0.5) is 15.8 Å². The number of nitrogen functional groups attached to an aromatic ring is 1. The van der Waals surface area contributed by atoms with E-state index in [-0.39, 0.29) is 23.2 Å². The zero-order valence-corrected chi connectivity index (χ0v) is 12.2. The van der Waals surface area contributed by atoms with E-state index in [2.05, 4.69) is 0 Å². The maximum Gasteiger partial charge on any atom is 0.241 e. The van der Waals surface area contributed by atoms with Gasteiger partial charge in [0, 0.05) is 26.7 Å². The Morgan fingerprint density at radius 1 is 1.42 bits per heavy atom. The number of benzene rings is 1. The predicted octanol–water partition coefficient (Wildman–Crippen LogP) is 2.37. The van der Waals surface area contributed by atoms with Gasteiger partial charge in [0.05, 0.1) is 22.9 Å². The minimum atomic E-state index is -0.557. The lowest BCUT2D eigenvalue weighted by Crippen LogP contribution is -2.37. The normalized spacial score (nSPS) is 10.4. The standard InChI is InChI=1S/C13H19ClFN3O/c1-4-5-18(8-13(19)17(2)3)12-6-9(14)10(15)7-11(12)16/h6-7H,4-5,8,16H2,1-3H3. The van der Waals surface area contributed by atoms with Gasteiger partial charge >= 0.3 is 0 Å². The third-order valence-electron chi connectivity index (χ3n) is 2.73. The van der Waals surface area contributed by atoms with Gasteiger partial charge in [0.25, 0.3) is 0 Å². The van der Waals surface area contributed by atoms with Gasteiger partial charge in [-0.2, -0.15) is 0 Å². The average molecular weight is 288 g/mol. The molecule has 0 spiro atoms. The average Bonchev–Trinajstić information content (AvgIpc) is 2.33. The van der Waals surface area contributed by atoms with E-state index in [1.54, 1.807) is 14.1 Å². The van der Waals surface area contributed by atoms with Gasteiger partial charge in [0.2, 0.25) is 5.91 Å². The molecule has 0 unspecified atom stereocenters. The molecule has 1 aromatic rings. The number of nitrogens with two attached hydrogens (primary N) is 1. The lowest BCUT2D eigenvalue weighted by Gasteiger charge is -2.26. The molecular weight excluding hydrogens is 269 g/mol. The van der Waals surface area contributed by atoms with Crippen LogP contribution in [0.15, 0.2) is 12.1 Å². The number of hydrogen-bond donors (Lipinski definition) is 1. The molecule has 0 saturated carbocycles. The SMILES string of the molecule is CCCN(CC(=O)N(C)C)c1cc(Cl)c(F)cc1N. The van der Waals surface area contributed by atoms with Crippen molar-refractivity contribution in [3.8, 4) is 0 Å². The minimum absolute atomic E-state index is 0.00241. The Labute approximate surface area is 117 Å². The molecule has 0 aliphatic carbocycles. The molecule has 4 nitrogen and oxygen atoms in total. The van der Waals surface area contributed by atoms with Crippen LogP contribution in [0, 0.1) is 5.82 Å². The van der Waals surface area contributed by atoms with E-state index in [4.69, 9.17) is 17.3 Å². The Bertz CT molecular complexity index is 465. The van der Waals surface area contributed by atoms with Gasteiger partial charge in [0.1, 0.15) is 5.82 Å². The molecule has 1 rings (SSSR count). The summed E-state index contributed by atoms with van der Waals surface area (Å²) in [5.74, 6) is -0.605. The number of halogens is 2. The van der Waals surface area contributed by atoms with E-state index in [1.165, 1.54) is 17.0 Å². The van der Waals surface area contributed by atoms with Gasteiger partial charge in [-0.05, 0) is 12.5 Å². The van der Waals surface area contributed by atoms with Crippen molar-refractivity contribution >= 4 is 28.9 Å². The molecule has 1 amide bonds. The number of carbonyl (C=O) groups is 1. The smallest absolute Gasteiger partial charge is 0.241 e. The van der Waals surface area contributed by atoms with Crippen molar-refractivity contribution < 1.29 is 9.18 Å². The van der Waals surface area contributed by atoms with E-state index in [9.17, 15) is 9.18 Å². The van der Waals surface area contributed by atoms with Crippen LogP contribution in [-0.2, 0) is 4.79 Å². The number of hydrogen-bond acceptors (Lipinski definition) is 3. The summed E-state index contributed by atoms with van der Waals surface area (Å²) >= 11 is 5.78. The highest BCUT2D eigenvalue weighted by Crippen LogP contribution is 2.29. The second kappa shape index (κ2) is 6.61. The number of rotatable bonds is 5. The fourth-order valence-corrected chi connectivity index (χ4v) is 1.84. The van der Waals surface area contributed by atoms with Gasteiger partial charge in [-0.25, -0.2) is 4.39 Å². The van der Waals surface area contributed by atoms with Crippen molar-refractivity contribution in [2.45, 2.75) is 13.3 Å². The fraction of sp³-hybridized carbons (Fsp3) is 0.462. The fourth-order valence-electron chi connectivity index (χ4n) is 1.68. The number of nitrogens with zero attached hydrogens (tertiary/aromatic N) is 2. The summed E-state index contributed by atoms with van der Waals surface area (Å²) in [7, 11) is 3.38. The highest BCUT2D eigenvalue weighted by molar-refractivity contribution is 6.31. The van der Waals surface area contributed by atoms with Crippen LogP contribution in [0.25, 0.3) is 0 Å². The van der Waals surface area contributed by atoms with Gasteiger partial charge in [-0.15, -0.1) is 0 Å². The van der Waals surface area contributed by atoms with Gasteiger partial charge in [-0.3, -0.25) is 4.79 Å². The lowest BCUT2D eigenvalue weighted by atomic mass is 10.2. The molecule has 6 heteroatoms. The molecule has 106 valence electrons. The molecular formula is C13H19ClFN3O. The maximum absolute atomic E-state index is 13.3. The maximum atomic E-state index is 13.3. The molecule has 0 aromatic heterocycles. The van der Waals surface area contributed by atoms with Crippen molar-refractivity contribution in [2.24, 2.45) is 0 Å². The van der Waals surface area contributed by atoms with E-state index in [0.717, 1.165) is 6.42 Å². The Hall–Kier alpha value is -1.49. The molecule has 2 N–H and O–H groups in total. The van der Waals surface area contributed by atoms with Crippen LogP contribution in [0.5, 0.6) is 0 Å². The first-order valence-corrected chi connectivity index (χ1v) is 6.44. The quantitative estimate of drug-likeness (QED) is 0.846. The van der Waals surface area contributed by atoms with Gasteiger partial charge < -0.3 is 15.5 Å². The molecule has 0 bridgehead atoms. The first-order chi connectivity index (χ1) is 8.86. The highest BCUT2D eigenvalue weighted by Gasteiger charge is 2.16. The Balaban J connectivity index is 3.05. The van der Waals surface area contributed by atoms with Crippen LogP contribution >= 0.6 is 11.6 Å². The summed E-state index contributed by atoms with van der Waals surface area (Å²) in [6.45, 7) is 2.83. The Morgan fingerprint density at radius 3 is 2.58 bits per heavy atom. The topological polar surface area (TPSA) is 49.6 Å². The Kier molecular flexibility index (Phi) is 5.42.